The van der Waals surface area contributed by atoms with Crippen LogP contribution in [-0.2, 0) is 11.3 Å². The summed E-state index contributed by atoms with van der Waals surface area (Å²) in [6.45, 7) is 3.21. The van der Waals surface area contributed by atoms with Crippen LogP contribution in [0.2, 0.25) is 0 Å². The molecule has 9 heteroatoms. The third kappa shape index (κ3) is 4.19. The first-order chi connectivity index (χ1) is 12.9. The Hall–Kier alpha value is -2.67. The van der Waals surface area contributed by atoms with E-state index in [1.807, 2.05) is 0 Å². The maximum absolute atomic E-state index is 12.2. The van der Waals surface area contributed by atoms with Crippen molar-refractivity contribution in [2.24, 2.45) is 5.92 Å². The van der Waals surface area contributed by atoms with Gasteiger partial charge in [-0.2, -0.15) is 0 Å². The second-order valence-electron chi connectivity index (χ2n) is 6.84. The molecule has 0 aromatic carbocycles. The highest BCUT2D eigenvalue weighted by molar-refractivity contribution is 5.85. The number of carbonyl (C=O) groups excluding carboxylic acids is 1. The Morgan fingerprint density at radius 2 is 2.19 bits per heavy atom. The van der Waals surface area contributed by atoms with Crippen molar-refractivity contribution in [2.75, 3.05) is 0 Å². The summed E-state index contributed by atoms with van der Waals surface area (Å²) >= 11 is 0. The summed E-state index contributed by atoms with van der Waals surface area (Å²) in [6, 6.07) is 3.18. The number of amides is 1. The number of aromatic nitrogens is 2. The molecule has 2 atom stereocenters. The van der Waals surface area contributed by atoms with Crippen molar-refractivity contribution in [1.82, 2.24) is 21.1 Å². The molecule has 0 saturated heterocycles. The van der Waals surface area contributed by atoms with Crippen molar-refractivity contribution in [3.8, 4) is 11.8 Å². The maximum Gasteiger partial charge on any atom is 0.266 e. The Bertz CT molecular complexity index is 860. The number of rotatable bonds is 6. The van der Waals surface area contributed by atoms with Crippen molar-refractivity contribution in [1.29, 1.82) is 0 Å². The van der Waals surface area contributed by atoms with E-state index in [1.54, 1.807) is 18.5 Å². The van der Waals surface area contributed by atoms with Crippen LogP contribution in [0.25, 0.3) is 0 Å². The first-order valence-corrected chi connectivity index (χ1v) is 8.70. The largest absolute Gasteiger partial charge is 0.384 e. The molecule has 27 heavy (non-hydrogen) atoms. The Balaban J connectivity index is 1.70. The van der Waals surface area contributed by atoms with Gasteiger partial charge in [-0.15, -0.1) is 0 Å². The van der Waals surface area contributed by atoms with Crippen LogP contribution in [-0.4, -0.2) is 32.1 Å². The Labute approximate surface area is 156 Å². The highest BCUT2D eigenvalue weighted by Crippen LogP contribution is 2.27. The Kier molecular flexibility index (Phi) is 5.60. The molecule has 0 radical (unpaired) electrons. The highest BCUT2D eigenvalue weighted by Gasteiger charge is 2.43. The molecule has 1 aliphatic carbocycles. The van der Waals surface area contributed by atoms with E-state index in [9.17, 15) is 9.90 Å². The molecule has 4 N–H and O–H groups in total. The summed E-state index contributed by atoms with van der Waals surface area (Å²) in [4.78, 5) is 12.2. The van der Waals surface area contributed by atoms with E-state index >= 15 is 0 Å². The number of hydrogen-bond donors (Lipinski definition) is 4. The molecule has 0 unspecified atom stereocenters. The fourth-order valence-electron chi connectivity index (χ4n) is 2.68. The summed E-state index contributed by atoms with van der Waals surface area (Å²) in [5, 5.41) is 30.2. The Morgan fingerprint density at radius 1 is 1.41 bits per heavy atom. The van der Waals surface area contributed by atoms with Gasteiger partial charge >= 0.3 is 0 Å². The Morgan fingerprint density at radius 3 is 2.78 bits per heavy atom. The van der Waals surface area contributed by atoms with Crippen molar-refractivity contribution < 1.29 is 24.2 Å². The van der Waals surface area contributed by atoms with Crippen molar-refractivity contribution >= 4 is 5.91 Å². The first-order valence-electron chi connectivity index (χ1n) is 8.70. The minimum atomic E-state index is -1.59. The zero-order chi connectivity index (χ0) is 19.4. The number of aliphatic hydroxyl groups excluding tert-OH is 1. The van der Waals surface area contributed by atoms with E-state index in [0.29, 0.717) is 23.1 Å². The number of aryl methyl sites for hydroxylation is 1. The summed E-state index contributed by atoms with van der Waals surface area (Å²) < 4.78 is 10.1. The lowest BCUT2D eigenvalue weighted by atomic mass is 9.86. The molecular formula is C18H22N4O5. The minimum Gasteiger partial charge on any atom is -0.384 e. The first kappa shape index (κ1) is 19.1. The van der Waals surface area contributed by atoms with Crippen LogP contribution in [0.15, 0.2) is 21.2 Å². The van der Waals surface area contributed by atoms with Gasteiger partial charge in [-0.25, -0.2) is 5.48 Å². The predicted molar refractivity (Wildman–Crippen MR) is 92.1 cm³/mol. The molecular weight excluding hydrogens is 352 g/mol. The lowest BCUT2D eigenvalue weighted by Crippen LogP contribution is -2.57. The van der Waals surface area contributed by atoms with E-state index in [2.05, 4.69) is 27.5 Å². The molecule has 144 valence electrons. The van der Waals surface area contributed by atoms with Gasteiger partial charge in [-0.05, 0) is 32.6 Å². The molecule has 1 aliphatic rings. The van der Waals surface area contributed by atoms with Gasteiger partial charge in [0.15, 0.2) is 0 Å². The normalized spacial score (nSPS) is 17.3. The third-order valence-corrected chi connectivity index (χ3v) is 4.75. The monoisotopic (exact) mass is 374 g/mol. The van der Waals surface area contributed by atoms with E-state index in [-0.39, 0.29) is 12.2 Å². The number of hydrogen-bond acceptors (Lipinski definition) is 8. The number of nitrogens with zero attached hydrogens (tertiary/aromatic N) is 2. The van der Waals surface area contributed by atoms with Crippen molar-refractivity contribution in [3.05, 3.63) is 35.0 Å². The standard InChI is InChI=1S/C18H22N4O5/c1-11-8-15(22-26-11)16(23)18(2,17(24)20-25)19-10-13-9-14(27-21-13)7-6-12-4-3-5-12/h8-9,12,16,19,23,25H,3-5,10H2,1-2H3,(H,20,24)/t16-,18-/m0/s1. The summed E-state index contributed by atoms with van der Waals surface area (Å²) in [5.41, 5.74) is 0.649. The molecule has 0 spiro atoms. The van der Waals surface area contributed by atoms with Gasteiger partial charge in [0.1, 0.15) is 23.1 Å². The molecule has 1 amide bonds. The van der Waals surface area contributed by atoms with Crippen LogP contribution in [0.1, 0.15) is 55.2 Å². The van der Waals surface area contributed by atoms with E-state index in [0.717, 1.165) is 12.8 Å². The summed E-state index contributed by atoms with van der Waals surface area (Å²) in [6.07, 6.45) is 2.07. The number of nitrogens with one attached hydrogen (secondary N) is 2. The van der Waals surface area contributed by atoms with Gasteiger partial charge in [-0.3, -0.25) is 15.3 Å². The topological polar surface area (TPSA) is 134 Å². The van der Waals surface area contributed by atoms with Crippen LogP contribution < -0.4 is 10.8 Å². The second-order valence-corrected chi connectivity index (χ2v) is 6.84. The average Bonchev–Trinajstić information content (AvgIpc) is 3.26. The number of hydroxylamine groups is 1. The summed E-state index contributed by atoms with van der Waals surface area (Å²) in [7, 11) is 0. The molecule has 1 saturated carbocycles. The van der Waals surface area contributed by atoms with Gasteiger partial charge < -0.3 is 14.2 Å². The highest BCUT2D eigenvalue weighted by atomic mass is 16.5. The lowest BCUT2D eigenvalue weighted by molar-refractivity contribution is -0.141. The van der Waals surface area contributed by atoms with Crippen LogP contribution in [0.4, 0.5) is 0 Å². The zero-order valence-electron chi connectivity index (χ0n) is 15.2. The van der Waals surface area contributed by atoms with E-state index in [4.69, 9.17) is 14.3 Å². The van der Waals surface area contributed by atoms with Gasteiger partial charge in [-0.1, -0.05) is 22.7 Å². The van der Waals surface area contributed by atoms with Gasteiger partial charge in [0.25, 0.3) is 5.91 Å². The second kappa shape index (κ2) is 7.92. The van der Waals surface area contributed by atoms with Crippen LogP contribution in [0, 0.1) is 24.7 Å². The molecule has 1 fully saturated rings. The smallest absolute Gasteiger partial charge is 0.266 e. The van der Waals surface area contributed by atoms with Crippen LogP contribution in [0.3, 0.4) is 0 Å². The van der Waals surface area contributed by atoms with E-state index in [1.165, 1.54) is 19.4 Å². The van der Waals surface area contributed by atoms with Crippen molar-refractivity contribution in [2.45, 2.75) is 51.3 Å². The molecule has 2 heterocycles. The molecule has 0 aliphatic heterocycles. The number of carbonyl (C=O) groups is 1. The number of aliphatic hydroxyl groups is 1. The van der Waals surface area contributed by atoms with Crippen LogP contribution >= 0.6 is 0 Å². The molecule has 2 aromatic heterocycles. The lowest BCUT2D eigenvalue weighted by Gasteiger charge is -2.31. The zero-order valence-corrected chi connectivity index (χ0v) is 15.2. The fourth-order valence-corrected chi connectivity index (χ4v) is 2.68. The quantitative estimate of drug-likeness (QED) is 0.337. The fraction of sp³-hybridized carbons (Fsp3) is 0.500. The van der Waals surface area contributed by atoms with Crippen molar-refractivity contribution in [3.63, 3.8) is 0 Å². The predicted octanol–water partition coefficient (Wildman–Crippen LogP) is 1.21. The molecule has 2 aromatic rings. The van der Waals surface area contributed by atoms with E-state index < -0.39 is 17.6 Å². The molecule has 3 rings (SSSR count). The minimum absolute atomic E-state index is 0.104. The van der Waals surface area contributed by atoms with Gasteiger partial charge in [0.2, 0.25) is 5.76 Å². The SMILES string of the molecule is Cc1cc([C@H](O)[C@](C)(NCc2cc(C#CC3CCC3)on2)C(=O)NO)no1. The molecule has 9 nitrogen and oxygen atoms in total. The molecule has 0 bridgehead atoms. The maximum atomic E-state index is 12.2. The average molecular weight is 374 g/mol. The van der Waals surface area contributed by atoms with Gasteiger partial charge in [0.05, 0.1) is 5.69 Å². The third-order valence-electron chi connectivity index (χ3n) is 4.75. The summed E-state index contributed by atoms with van der Waals surface area (Å²) in [5.74, 6) is 6.61. The van der Waals surface area contributed by atoms with Gasteiger partial charge in [0, 0.05) is 24.6 Å². The van der Waals surface area contributed by atoms with Crippen LogP contribution in [0.5, 0.6) is 0 Å².